The monoisotopic (exact) mass is 629 g/mol. The maximum absolute atomic E-state index is 6.76. The molecule has 8 aromatic carbocycles. The summed E-state index contributed by atoms with van der Waals surface area (Å²) in [6.07, 6.45) is 0. The van der Waals surface area contributed by atoms with Crippen LogP contribution in [0.1, 0.15) is 0 Å². The highest BCUT2D eigenvalue weighted by molar-refractivity contribution is 5.96. The van der Waals surface area contributed by atoms with Gasteiger partial charge in [-0.05, 0) is 76.2 Å². The van der Waals surface area contributed by atoms with Crippen molar-refractivity contribution in [2.75, 3.05) is 4.90 Å². The summed E-state index contributed by atoms with van der Waals surface area (Å²) in [6, 6.07) is 65.5. The van der Waals surface area contributed by atoms with Crippen molar-refractivity contribution >= 4 is 27.8 Å². The van der Waals surface area contributed by atoms with Gasteiger partial charge in [-0.3, -0.25) is 0 Å². The Morgan fingerprint density at radius 1 is 0.327 bits per heavy atom. The number of fused-ring (bicyclic) bond motifs is 1. The first-order valence-electron chi connectivity index (χ1n) is 16.5. The van der Waals surface area contributed by atoms with Gasteiger partial charge in [-0.2, -0.15) is 0 Å². The number of benzene rings is 8. The Bertz CT molecular complexity index is 2410. The molecule has 0 aliphatic carbocycles. The summed E-state index contributed by atoms with van der Waals surface area (Å²) in [4.78, 5) is 2.31. The molecule has 9 rings (SSSR count). The molecule has 0 aromatic heterocycles. The molecule has 0 fully saturated rings. The van der Waals surface area contributed by atoms with E-state index in [2.05, 4.69) is 150 Å². The molecule has 0 saturated carbocycles. The zero-order valence-electron chi connectivity index (χ0n) is 26.7. The maximum Gasteiger partial charge on any atom is 0.177 e. The zero-order chi connectivity index (χ0) is 32.6. The second kappa shape index (κ2) is 12.2. The van der Waals surface area contributed by atoms with Crippen LogP contribution >= 0.6 is 0 Å². The summed E-state index contributed by atoms with van der Waals surface area (Å²) in [6.45, 7) is 0. The first-order valence-corrected chi connectivity index (χ1v) is 16.5. The molecule has 49 heavy (non-hydrogen) atoms. The quantitative estimate of drug-likeness (QED) is 0.183. The standard InChI is InChI=1S/C46H31NO2/c1-3-12-32(13-4-1)33-24-26-34(27-25-33)35-28-30-38(31-29-35)47(37-16-5-2-6-17-37)41-20-8-7-18-39(41)40-19-11-23-44-46(40)49-43-22-10-15-36-14-9-21-42(48-44)45(36)43/h1-31H. The van der Waals surface area contributed by atoms with Gasteiger partial charge in [0, 0.05) is 22.5 Å². The van der Waals surface area contributed by atoms with E-state index >= 15 is 0 Å². The number of hydrogen-bond donors (Lipinski definition) is 0. The van der Waals surface area contributed by atoms with Crippen molar-refractivity contribution in [3.63, 3.8) is 0 Å². The summed E-state index contributed by atoms with van der Waals surface area (Å²) < 4.78 is 13.3. The van der Waals surface area contributed by atoms with Gasteiger partial charge in [0.2, 0.25) is 0 Å². The lowest BCUT2D eigenvalue weighted by Crippen LogP contribution is -2.11. The number of ether oxygens (including phenoxy) is 2. The van der Waals surface area contributed by atoms with Crippen LogP contribution in [0.5, 0.6) is 23.0 Å². The summed E-state index contributed by atoms with van der Waals surface area (Å²) >= 11 is 0. The molecule has 3 nitrogen and oxygen atoms in total. The second-order valence-electron chi connectivity index (χ2n) is 12.1. The fourth-order valence-electron chi connectivity index (χ4n) is 6.77. The highest BCUT2D eigenvalue weighted by Crippen LogP contribution is 2.51. The molecular formula is C46H31NO2. The van der Waals surface area contributed by atoms with Crippen LogP contribution in [0.4, 0.5) is 17.1 Å². The largest absolute Gasteiger partial charge is 0.453 e. The van der Waals surface area contributed by atoms with Crippen molar-refractivity contribution in [1.82, 2.24) is 0 Å². The summed E-state index contributed by atoms with van der Waals surface area (Å²) in [5.74, 6) is 2.95. The Morgan fingerprint density at radius 3 is 1.51 bits per heavy atom. The van der Waals surface area contributed by atoms with E-state index in [1.54, 1.807) is 0 Å². The lowest BCUT2D eigenvalue weighted by molar-refractivity contribution is 0.441. The van der Waals surface area contributed by atoms with Gasteiger partial charge in [-0.1, -0.05) is 140 Å². The fourth-order valence-corrected chi connectivity index (χ4v) is 6.77. The van der Waals surface area contributed by atoms with Crippen LogP contribution in [0.25, 0.3) is 44.2 Å². The third-order valence-corrected chi connectivity index (χ3v) is 9.14. The molecular weight excluding hydrogens is 599 g/mol. The molecule has 1 heterocycles. The number of rotatable bonds is 6. The molecule has 3 heteroatoms. The molecule has 0 amide bonds. The van der Waals surface area contributed by atoms with Gasteiger partial charge < -0.3 is 14.4 Å². The second-order valence-corrected chi connectivity index (χ2v) is 12.1. The van der Waals surface area contributed by atoms with Crippen molar-refractivity contribution in [2.45, 2.75) is 0 Å². The van der Waals surface area contributed by atoms with E-state index < -0.39 is 0 Å². The van der Waals surface area contributed by atoms with E-state index in [9.17, 15) is 0 Å². The minimum Gasteiger partial charge on any atom is -0.453 e. The topological polar surface area (TPSA) is 21.7 Å². The van der Waals surface area contributed by atoms with Crippen LogP contribution in [0.15, 0.2) is 188 Å². The predicted octanol–water partition coefficient (Wildman–Crippen LogP) is 13.2. The van der Waals surface area contributed by atoms with Crippen LogP contribution in [-0.2, 0) is 0 Å². The van der Waals surface area contributed by atoms with Gasteiger partial charge in [0.25, 0.3) is 0 Å². The van der Waals surface area contributed by atoms with Gasteiger partial charge in [-0.25, -0.2) is 0 Å². The van der Waals surface area contributed by atoms with Crippen molar-refractivity contribution in [2.24, 2.45) is 0 Å². The first kappa shape index (κ1) is 28.6. The summed E-state index contributed by atoms with van der Waals surface area (Å²) in [5.41, 5.74) is 9.91. The van der Waals surface area contributed by atoms with Gasteiger partial charge in [0.15, 0.2) is 11.5 Å². The number of hydrogen-bond acceptors (Lipinski definition) is 3. The van der Waals surface area contributed by atoms with E-state index in [1.165, 1.54) is 16.7 Å². The van der Waals surface area contributed by atoms with E-state index in [0.29, 0.717) is 11.5 Å². The van der Waals surface area contributed by atoms with Crippen LogP contribution in [-0.4, -0.2) is 0 Å². The average molecular weight is 630 g/mol. The smallest absolute Gasteiger partial charge is 0.177 e. The fraction of sp³-hybridized carbons (Fsp3) is 0. The molecule has 232 valence electrons. The average Bonchev–Trinajstić information content (AvgIpc) is 3.34. The van der Waals surface area contributed by atoms with Crippen molar-refractivity contribution in [3.05, 3.63) is 188 Å². The Kier molecular flexibility index (Phi) is 7.14. The highest BCUT2D eigenvalue weighted by atomic mass is 16.5. The van der Waals surface area contributed by atoms with Gasteiger partial charge in [0.05, 0.1) is 11.1 Å². The summed E-state index contributed by atoms with van der Waals surface area (Å²) in [5, 5.41) is 2.05. The van der Waals surface area contributed by atoms with E-state index in [0.717, 1.165) is 56.0 Å². The Hall–Kier alpha value is -6.58. The highest BCUT2D eigenvalue weighted by Gasteiger charge is 2.24. The molecule has 0 atom stereocenters. The Labute approximate surface area is 285 Å². The Morgan fingerprint density at radius 2 is 0.816 bits per heavy atom. The van der Waals surface area contributed by atoms with Gasteiger partial charge in [-0.15, -0.1) is 0 Å². The number of nitrogens with zero attached hydrogens (tertiary/aromatic N) is 1. The molecule has 1 aliphatic rings. The van der Waals surface area contributed by atoms with Crippen LogP contribution in [0.3, 0.4) is 0 Å². The predicted molar refractivity (Wildman–Crippen MR) is 202 cm³/mol. The molecule has 0 N–H and O–H groups in total. The number of para-hydroxylation sites is 3. The lowest BCUT2D eigenvalue weighted by Gasteiger charge is -2.28. The molecule has 8 aromatic rings. The van der Waals surface area contributed by atoms with Crippen LogP contribution < -0.4 is 14.4 Å². The van der Waals surface area contributed by atoms with Crippen molar-refractivity contribution < 1.29 is 9.47 Å². The van der Waals surface area contributed by atoms with Crippen LogP contribution in [0.2, 0.25) is 0 Å². The van der Waals surface area contributed by atoms with Crippen molar-refractivity contribution in [1.29, 1.82) is 0 Å². The van der Waals surface area contributed by atoms with Gasteiger partial charge >= 0.3 is 0 Å². The van der Waals surface area contributed by atoms with Gasteiger partial charge in [0.1, 0.15) is 11.5 Å². The third kappa shape index (κ3) is 5.28. The summed E-state index contributed by atoms with van der Waals surface area (Å²) in [7, 11) is 0. The molecule has 1 aliphatic heterocycles. The Balaban J connectivity index is 1.13. The van der Waals surface area contributed by atoms with Crippen molar-refractivity contribution in [3.8, 4) is 56.4 Å². The maximum atomic E-state index is 6.76. The normalized spacial score (nSPS) is 11.6. The number of anilines is 3. The molecule has 0 saturated heterocycles. The lowest BCUT2D eigenvalue weighted by atomic mass is 9.99. The van der Waals surface area contributed by atoms with E-state index in [1.807, 2.05) is 42.5 Å². The minimum atomic E-state index is 0.685. The van der Waals surface area contributed by atoms with E-state index in [4.69, 9.17) is 9.47 Å². The van der Waals surface area contributed by atoms with E-state index in [-0.39, 0.29) is 0 Å². The molecule has 0 bridgehead atoms. The molecule has 0 unspecified atom stereocenters. The van der Waals surface area contributed by atoms with Crippen LogP contribution in [0, 0.1) is 0 Å². The zero-order valence-corrected chi connectivity index (χ0v) is 26.7. The molecule has 0 spiro atoms. The first-order chi connectivity index (χ1) is 24.3. The minimum absolute atomic E-state index is 0.685. The molecule has 0 radical (unpaired) electrons. The third-order valence-electron chi connectivity index (χ3n) is 9.14. The SMILES string of the molecule is c1ccc(-c2ccc(-c3ccc(N(c4ccccc4)c4ccccc4-c4cccc5c4Oc4cccc6cccc(c46)O5)cc3)cc2)cc1.